The maximum Gasteiger partial charge on any atom is 0.239 e. The molecule has 1 aliphatic heterocycles. The summed E-state index contributed by atoms with van der Waals surface area (Å²) in [5.74, 6) is 3.83. The SMILES string of the molecule is CCOc1nc(NCCN2CCSCC2)ccc1N. The van der Waals surface area contributed by atoms with Gasteiger partial charge in [0.25, 0.3) is 0 Å². The first-order valence-corrected chi connectivity index (χ1v) is 7.88. The van der Waals surface area contributed by atoms with E-state index in [1.807, 2.05) is 30.8 Å². The van der Waals surface area contributed by atoms with Crippen LogP contribution in [-0.4, -0.2) is 54.2 Å². The van der Waals surface area contributed by atoms with Crippen molar-refractivity contribution in [2.75, 3.05) is 55.3 Å². The van der Waals surface area contributed by atoms with Gasteiger partial charge in [-0.2, -0.15) is 16.7 Å². The molecule has 1 aromatic heterocycles. The second-order valence-corrected chi connectivity index (χ2v) is 5.63. The molecule has 2 rings (SSSR count). The van der Waals surface area contributed by atoms with Crippen molar-refractivity contribution >= 4 is 23.3 Å². The molecule has 0 unspecified atom stereocenters. The van der Waals surface area contributed by atoms with Crippen molar-refractivity contribution in [3.05, 3.63) is 12.1 Å². The molecule has 2 heterocycles. The fraction of sp³-hybridized carbons (Fsp3) is 0.615. The van der Waals surface area contributed by atoms with E-state index in [1.54, 1.807) is 0 Å². The van der Waals surface area contributed by atoms with Crippen molar-refractivity contribution < 1.29 is 4.74 Å². The van der Waals surface area contributed by atoms with Gasteiger partial charge in [-0.05, 0) is 19.1 Å². The van der Waals surface area contributed by atoms with Gasteiger partial charge in [0.15, 0.2) is 0 Å². The summed E-state index contributed by atoms with van der Waals surface area (Å²) in [4.78, 5) is 6.84. The Morgan fingerprint density at radius 2 is 2.21 bits per heavy atom. The zero-order valence-electron chi connectivity index (χ0n) is 11.4. The number of nitrogens with zero attached hydrogens (tertiary/aromatic N) is 2. The first kappa shape index (κ1) is 14.3. The predicted molar refractivity (Wildman–Crippen MR) is 82.1 cm³/mol. The van der Waals surface area contributed by atoms with E-state index in [4.69, 9.17) is 10.5 Å². The number of rotatable bonds is 6. The molecule has 6 heteroatoms. The van der Waals surface area contributed by atoms with Crippen LogP contribution in [0.1, 0.15) is 6.92 Å². The molecule has 1 fully saturated rings. The molecule has 0 aliphatic carbocycles. The summed E-state index contributed by atoms with van der Waals surface area (Å²) < 4.78 is 5.38. The molecular weight excluding hydrogens is 260 g/mol. The maximum atomic E-state index is 5.80. The van der Waals surface area contributed by atoms with Gasteiger partial charge in [0.1, 0.15) is 5.82 Å². The summed E-state index contributed by atoms with van der Waals surface area (Å²) >= 11 is 2.03. The van der Waals surface area contributed by atoms with Crippen molar-refractivity contribution in [1.82, 2.24) is 9.88 Å². The third-order valence-electron chi connectivity index (χ3n) is 3.01. The Kier molecular flexibility index (Phi) is 5.60. The van der Waals surface area contributed by atoms with E-state index in [9.17, 15) is 0 Å². The molecule has 3 N–H and O–H groups in total. The normalized spacial score (nSPS) is 16.3. The molecule has 1 saturated heterocycles. The Bertz CT molecular complexity index is 396. The lowest BCUT2D eigenvalue weighted by Crippen LogP contribution is -2.36. The number of hydrogen-bond acceptors (Lipinski definition) is 6. The molecule has 1 aliphatic rings. The van der Waals surface area contributed by atoms with Crippen molar-refractivity contribution in [2.45, 2.75) is 6.92 Å². The van der Waals surface area contributed by atoms with Gasteiger partial charge in [0, 0.05) is 37.7 Å². The zero-order valence-corrected chi connectivity index (χ0v) is 12.2. The predicted octanol–water partition coefficient (Wildman–Crippen LogP) is 1.52. The van der Waals surface area contributed by atoms with Crippen molar-refractivity contribution in [2.24, 2.45) is 0 Å². The Morgan fingerprint density at radius 1 is 1.42 bits per heavy atom. The highest BCUT2D eigenvalue weighted by molar-refractivity contribution is 7.99. The lowest BCUT2D eigenvalue weighted by atomic mass is 10.4. The van der Waals surface area contributed by atoms with Gasteiger partial charge in [-0.25, -0.2) is 0 Å². The molecule has 0 amide bonds. The third kappa shape index (κ3) is 4.47. The van der Waals surface area contributed by atoms with Crippen LogP contribution in [0.5, 0.6) is 5.88 Å². The minimum absolute atomic E-state index is 0.516. The van der Waals surface area contributed by atoms with E-state index >= 15 is 0 Å². The van der Waals surface area contributed by atoms with Crippen LogP contribution in [0.15, 0.2) is 12.1 Å². The summed E-state index contributed by atoms with van der Waals surface area (Å²) in [5, 5.41) is 3.32. The number of nitrogens with two attached hydrogens (primary N) is 1. The zero-order chi connectivity index (χ0) is 13.5. The Labute approximate surface area is 118 Å². The quantitative estimate of drug-likeness (QED) is 0.825. The van der Waals surface area contributed by atoms with Crippen LogP contribution in [0, 0.1) is 0 Å². The number of nitrogens with one attached hydrogen (secondary N) is 1. The summed E-state index contributed by atoms with van der Waals surface area (Å²) in [6.07, 6.45) is 0. The van der Waals surface area contributed by atoms with Crippen molar-refractivity contribution in [3.63, 3.8) is 0 Å². The molecule has 0 spiro atoms. The van der Waals surface area contributed by atoms with Crippen LogP contribution in [0.25, 0.3) is 0 Å². The molecule has 0 aromatic carbocycles. The highest BCUT2D eigenvalue weighted by Crippen LogP contribution is 2.20. The Balaban J connectivity index is 1.80. The van der Waals surface area contributed by atoms with Crippen molar-refractivity contribution in [1.29, 1.82) is 0 Å². The first-order chi connectivity index (χ1) is 9.29. The van der Waals surface area contributed by atoms with E-state index in [0.29, 0.717) is 18.2 Å². The fourth-order valence-corrected chi connectivity index (χ4v) is 2.95. The molecular formula is C13H22N4OS. The number of pyridine rings is 1. The second kappa shape index (κ2) is 7.45. The number of hydrogen-bond donors (Lipinski definition) is 2. The topological polar surface area (TPSA) is 63.4 Å². The van der Waals surface area contributed by atoms with Crippen LogP contribution in [0.4, 0.5) is 11.5 Å². The average molecular weight is 282 g/mol. The van der Waals surface area contributed by atoms with Gasteiger partial charge >= 0.3 is 0 Å². The van der Waals surface area contributed by atoms with Crippen molar-refractivity contribution in [3.8, 4) is 5.88 Å². The van der Waals surface area contributed by atoms with Crippen LogP contribution >= 0.6 is 11.8 Å². The largest absolute Gasteiger partial charge is 0.476 e. The monoisotopic (exact) mass is 282 g/mol. The third-order valence-corrected chi connectivity index (χ3v) is 3.95. The second-order valence-electron chi connectivity index (χ2n) is 4.40. The van der Waals surface area contributed by atoms with E-state index in [-0.39, 0.29) is 0 Å². The lowest BCUT2D eigenvalue weighted by molar-refractivity contribution is 0.314. The van der Waals surface area contributed by atoms with Gasteiger partial charge in [-0.1, -0.05) is 0 Å². The van der Waals surface area contributed by atoms with E-state index < -0.39 is 0 Å². The van der Waals surface area contributed by atoms with Gasteiger partial charge in [0.05, 0.1) is 12.3 Å². The van der Waals surface area contributed by atoms with E-state index in [1.165, 1.54) is 24.6 Å². The number of thioether (sulfide) groups is 1. The molecule has 0 atom stereocenters. The van der Waals surface area contributed by atoms with E-state index in [2.05, 4.69) is 15.2 Å². The molecule has 5 nitrogen and oxygen atoms in total. The summed E-state index contributed by atoms with van der Waals surface area (Å²) in [5.41, 5.74) is 6.38. The Morgan fingerprint density at radius 3 is 2.95 bits per heavy atom. The van der Waals surface area contributed by atoms with Gasteiger partial charge in [0.2, 0.25) is 5.88 Å². The lowest BCUT2D eigenvalue weighted by Gasteiger charge is -2.26. The standard InChI is InChI=1S/C13H22N4OS/c1-2-18-13-11(14)3-4-12(16-13)15-5-6-17-7-9-19-10-8-17/h3-4H,2,5-10,14H2,1H3,(H,15,16). The molecule has 0 saturated carbocycles. The summed E-state index contributed by atoms with van der Waals surface area (Å²) in [7, 11) is 0. The fourth-order valence-electron chi connectivity index (χ4n) is 1.97. The molecule has 1 aromatic rings. The average Bonchev–Trinajstić information content (AvgIpc) is 2.44. The van der Waals surface area contributed by atoms with Crippen LogP contribution in [0.3, 0.4) is 0 Å². The van der Waals surface area contributed by atoms with Gasteiger partial charge in [-0.3, -0.25) is 4.90 Å². The summed E-state index contributed by atoms with van der Waals surface area (Å²) in [6, 6.07) is 3.72. The molecule has 19 heavy (non-hydrogen) atoms. The minimum Gasteiger partial charge on any atom is -0.476 e. The van der Waals surface area contributed by atoms with Gasteiger partial charge in [-0.15, -0.1) is 0 Å². The van der Waals surface area contributed by atoms with Crippen LogP contribution < -0.4 is 15.8 Å². The molecule has 0 bridgehead atoms. The summed E-state index contributed by atoms with van der Waals surface area (Å²) in [6.45, 7) is 6.82. The highest BCUT2D eigenvalue weighted by atomic mass is 32.2. The van der Waals surface area contributed by atoms with E-state index in [0.717, 1.165) is 18.9 Å². The maximum absolute atomic E-state index is 5.80. The molecule has 0 radical (unpaired) electrons. The number of ether oxygens (including phenoxy) is 1. The Hall–Kier alpha value is -1.14. The van der Waals surface area contributed by atoms with Gasteiger partial charge < -0.3 is 15.8 Å². The van der Waals surface area contributed by atoms with Crippen LogP contribution in [-0.2, 0) is 0 Å². The minimum atomic E-state index is 0.516. The smallest absolute Gasteiger partial charge is 0.239 e. The number of aromatic nitrogens is 1. The van der Waals surface area contributed by atoms with Crippen LogP contribution in [0.2, 0.25) is 0 Å². The number of anilines is 2. The highest BCUT2D eigenvalue weighted by Gasteiger charge is 2.09. The number of nitrogen functional groups attached to an aromatic ring is 1. The molecule has 106 valence electrons. The first-order valence-electron chi connectivity index (χ1n) is 6.73.